The summed E-state index contributed by atoms with van der Waals surface area (Å²) in [5.41, 5.74) is -0.0769. The van der Waals surface area contributed by atoms with Crippen LogP contribution in [0.1, 0.15) is 6.92 Å². The quantitative estimate of drug-likeness (QED) is 0.606. The van der Waals surface area contributed by atoms with Gasteiger partial charge in [0.15, 0.2) is 0 Å². The zero-order valence-electron chi connectivity index (χ0n) is 7.46. The molecule has 2 bridgehead atoms. The molecule has 3 rings (SSSR count). The van der Waals surface area contributed by atoms with Gasteiger partial charge in [0.2, 0.25) is 0 Å². The molecule has 4 nitrogen and oxygen atoms in total. The first kappa shape index (κ1) is 8.44. The van der Waals surface area contributed by atoms with Crippen molar-refractivity contribution in [3.63, 3.8) is 0 Å². The number of methoxy groups -OCH3 is 1. The summed E-state index contributed by atoms with van der Waals surface area (Å²) in [6.07, 6.45) is 0. The lowest BCUT2D eigenvalue weighted by Gasteiger charge is -2.50. The van der Waals surface area contributed by atoms with Gasteiger partial charge in [0.05, 0.1) is 31.8 Å². The molecule has 0 aromatic carbocycles. The smallest absolute Gasteiger partial charge is 0.279 e. The molecule has 70 valence electrons. The average Bonchev–Trinajstić information content (AvgIpc) is 2.08. The predicted octanol–water partition coefficient (Wildman–Crippen LogP) is 0.370. The van der Waals surface area contributed by atoms with Gasteiger partial charge < -0.3 is 18.9 Å². The van der Waals surface area contributed by atoms with Gasteiger partial charge in [-0.25, -0.2) is 0 Å². The molecule has 3 heterocycles. The Hall–Kier alpha value is -0.160. The summed E-state index contributed by atoms with van der Waals surface area (Å²) in [6, 6.07) is 0. The second-order valence-corrected chi connectivity index (χ2v) is 3.66. The van der Waals surface area contributed by atoms with Gasteiger partial charge in [0, 0.05) is 14.0 Å². The van der Waals surface area contributed by atoms with E-state index in [1.165, 1.54) is 0 Å². The molecule has 0 saturated carbocycles. The van der Waals surface area contributed by atoms with Gasteiger partial charge in [-0.2, -0.15) is 0 Å². The fourth-order valence-corrected chi connectivity index (χ4v) is 1.53. The van der Waals surface area contributed by atoms with Crippen LogP contribution in [0.15, 0.2) is 0 Å². The van der Waals surface area contributed by atoms with Crippen LogP contribution in [0.25, 0.3) is 0 Å². The molecule has 0 aromatic heterocycles. The second kappa shape index (κ2) is 2.67. The second-order valence-electron chi connectivity index (χ2n) is 3.66. The highest BCUT2D eigenvalue weighted by atomic mass is 16.9. The Labute approximate surface area is 71.7 Å². The molecule has 0 aliphatic carbocycles. The predicted molar refractivity (Wildman–Crippen MR) is 40.6 cm³/mol. The van der Waals surface area contributed by atoms with E-state index in [2.05, 4.69) is 0 Å². The summed E-state index contributed by atoms with van der Waals surface area (Å²) >= 11 is 0. The van der Waals surface area contributed by atoms with Crippen LogP contribution in [0.4, 0.5) is 0 Å². The molecule has 0 atom stereocenters. The lowest BCUT2D eigenvalue weighted by molar-refractivity contribution is -0.462. The summed E-state index contributed by atoms with van der Waals surface area (Å²) in [5.74, 6) is -0.796. The molecule has 3 fully saturated rings. The summed E-state index contributed by atoms with van der Waals surface area (Å²) in [5, 5.41) is 0. The number of ether oxygens (including phenoxy) is 4. The van der Waals surface area contributed by atoms with Gasteiger partial charge in [-0.1, -0.05) is 0 Å². The van der Waals surface area contributed by atoms with Crippen molar-refractivity contribution in [1.82, 2.24) is 0 Å². The van der Waals surface area contributed by atoms with Crippen LogP contribution < -0.4 is 0 Å². The maximum atomic E-state index is 5.40. The van der Waals surface area contributed by atoms with Crippen LogP contribution in [0, 0.1) is 5.41 Å². The molecule has 3 aliphatic heterocycles. The molecule has 12 heavy (non-hydrogen) atoms. The van der Waals surface area contributed by atoms with E-state index < -0.39 is 5.97 Å². The Kier molecular flexibility index (Phi) is 1.88. The van der Waals surface area contributed by atoms with Gasteiger partial charge in [-0.05, 0) is 0 Å². The first-order valence-electron chi connectivity index (χ1n) is 4.09. The van der Waals surface area contributed by atoms with Gasteiger partial charge >= 0.3 is 0 Å². The van der Waals surface area contributed by atoms with E-state index in [4.69, 9.17) is 18.9 Å². The Morgan fingerprint density at radius 3 is 2.08 bits per heavy atom. The van der Waals surface area contributed by atoms with Crippen molar-refractivity contribution >= 4 is 0 Å². The van der Waals surface area contributed by atoms with Crippen LogP contribution in [0.2, 0.25) is 0 Å². The average molecular weight is 174 g/mol. The van der Waals surface area contributed by atoms with E-state index in [0.29, 0.717) is 26.4 Å². The highest BCUT2D eigenvalue weighted by Gasteiger charge is 2.49. The lowest BCUT2D eigenvalue weighted by atomic mass is 9.90. The van der Waals surface area contributed by atoms with Crippen molar-refractivity contribution in [1.29, 1.82) is 0 Å². The number of fused-ring (bicyclic) bond motifs is 3. The van der Waals surface area contributed by atoms with E-state index in [-0.39, 0.29) is 5.41 Å². The van der Waals surface area contributed by atoms with Crippen LogP contribution >= 0.6 is 0 Å². The monoisotopic (exact) mass is 174 g/mol. The molecule has 0 amide bonds. The van der Waals surface area contributed by atoms with Crippen molar-refractivity contribution in [2.24, 2.45) is 5.41 Å². The normalized spacial score (nSPS) is 46.5. The minimum absolute atomic E-state index is 0.0769. The van der Waals surface area contributed by atoms with Crippen LogP contribution in [-0.2, 0) is 18.9 Å². The minimum atomic E-state index is -0.796. The largest absolute Gasteiger partial charge is 0.384 e. The molecular weight excluding hydrogens is 160 g/mol. The van der Waals surface area contributed by atoms with Crippen molar-refractivity contribution in [2.45, 2.75) is 12.9 Å². The fourth-order valence-electron chi connectivity index (χ4n) is 1.53. The Balaban J connectivity index is 2.04. The summed E-state index contributed by atoms with van der Waals surface area (Å²) in [7, 11) is 1.68. The molecule has 0 spiro atoms. The topological polar surface area (TPSA) is 36.9 Å². The minimum Gasteiger partial charge on any atom is -0.384 e. The van der Waals surface area contributed by atoms with Gasteiger partial charge in [0.25, 0.3) is 5.97 Å². The molecule has 0 N–H and O–H groups in total. The molecule has 3 saturated heterocycles. The third kappa shape index (κ3) is 1.25. The van der Waals surface area contributed by atoms with Crippen LogP contribution in [0.5, 0.6) is 0 Å². The SMILES string of the molecule is COCC12COC(C)(OC1)OC2. The molecule has 4 heteroatoms. The van der Waals surface area contributed by atoms with Crippen molar-refractivity contribution in [2.75, 3.05) is 33.5 Å². The van der Waals surface area contributed by atoms with Gasteiger partial charge in [-0.15, -0.1) is 0 Å². The van der Waals surface area contributed by atoms with Crippen molar-refractivity contribution in [3.8, 4) is 0 Å². The summed E-state index contributed by atoms with van der Waals surface area (Å²) in [6.45, 7) is 4.41. The number of rotatable bonds is 2. The Morgan fingerprint density at radius 2 is 1.67 bits per heavy atom. The molecule has 0 radical (unpaired) electrons. The molecule has 0 aromatic rings. The van der Waals surface area contributed by atoms with Gasteiger partial charge in [-0.3, -0.25) is 0 Å². The highest BCUT2D eigenvalue weighted by molar-refractivity contribution is 4.86. The number of hydrogen-bond donors (Lipinski definition) is 0. The van der Waals surface area contributed by atoms with Gasteiger partial charge in [0.1, 0.15) is 0 Å². The Bertz CT molecular complexity index is 155. The zero-order valence-corrected chi connectivity index (χ0v) is 7.46. The zero-order chi connectivity index (χ0) is 8.66. The molecule has 0 unspecified atom stereocenters. The standard InChI is InChI=1S/C8H14O4/c1-7-10-4-8(3-9-2,5-11-7)6-12-7/h3-6H2,1-2H3. The third-order valence-electron chi connectivity index (χ3n) is 2.37. The van der Waals surface area contributed by atoms with E-state index in [9.17, 15) is 0 Å². The fraction of sp³-hybridized carbons (Fsp3) is 1.00. The first-order chi connectivity index (χ1) is 5.68. The van der Waals surface area contributed by atoms with E-state index in [1.54, 1.807) is 14.0 Å². The summed E-state index contributed by atoms with van der Waals surface area (Å²) < 4.78 is 21.3. The van der Waals surface area contributed by atoms with E-state index in [0.717, 1.165) is 0 Å². The van der Waals surface area contributed by atoms with Crippen molar-refractivity contribution < 1.29 is 18.9 Å². The highest BCUT2D eigenvalue weighted by Crippen LogP contribution is 2.37. The maximum absolute atomic E-state index is 5.40. The lowest BCUT2D eigenvalue weighted by Crippen LogP contribution is -2.60. The van der Waals surface area contributed by atoms with Crippen molar-refractivity contribution in [3.05, 3.63) is 0 Å². The van der Waals surface area contributed by atoms with E-state index in [1.807, 2.05) is 0 Å². The molecule has 3 aliphatic rings. The number of hydrogen-bond acceptors (Lipinski definition) is 4. The summed E-state index contributed by atoms with van der Waals surface area (Å²) in [4.78, 5) is 0. The third-order valence-corrected chi connectivity index (χ3v) is 2.37. The van der Waals surface area contributed by atoms with Crippen LogP contribution in [-0.4, -0.2) is 39.5 Å². The van der Waals surface area contributed by atoms with Crippen LogP contribution in [0.3, 0.4) is 0 Å². The Morgan fingerprint density at radius 1 is 1.17 bits per heavy atom. The molecular formula is C8H14O4. The maximum Gasteiger partial charge on any atom is 0.279 e. The van der Waals surface area contributed by atoms with E-state index >= 15 is 0 Å². The first-order valence-corrected chi connectivity index (χ1v) is 4.09.